The minimum absolute atomic E-state index is 0.244. The molecular formula is C32H36N6O5S. The van der Waals surface area contributed by atoms with Crippen LogP contribution in [-0.4, -0.2) is 60.1 Å². The molecule has 0 radical (unpaired) electrons. The van der Waals surface area contributed by atoms with Gasteiger partial charge < -0.3 is 14.4 Å². The first-order chi connectivity index (χ1) is 21.0. The van der Waals surface area contributed by atoms with Gasteiger partial charge in [0.1, 0.15) is 35.3 Å². The van der Waals surface area contributed by atoms with Crippen LogP contribution in [0.25, 0.3) is 17.1 Å². The summed E-state index contributed by atoms with van der Waals surface area (Å²) in [5.41, 5.74) is 4.32. The van der Waals surface area contributed by atoms with Crippen LogP contribution in [0.15, 0.2) is 65.7 Å². The van der Waals surface area contributed by atoms with Crippen LogP contribution in [-0.2, 0) is 31.7 Å². The number of nitrogens with zero attached hydrogens (tertiary/aromatic N) is 6. The molecule has 3 aromatic rings. The van der Waals surface area contributed by atoms with E-state index < -0.39 is 21.6 Å². The second-order valence-corrected chi connectivity index (χ2v) is 13.8. The second kappa shape index (κ2) is 11.2. The quantitative estimate of drug-likeness (QED) is 0.343. The third-order valence-electron chi connectivity index (χ3n) is 7.60. The van der Waals surface area contributed by atoms with Crippen molar-refractivity contribution in [3.8, 4) is 17.1 Å². The van der Waals surface area contributed by atoms with E-state index in [9.17, 15) is 13.2 Å². The predicted molar refractivity (Wildman–Crippen MR) is 170 cm³/mol. The number of ether oxygens (including phenoxy) is 2. The van der Waals surface area contributed by atoms with Crippen molar-refractivity contribution in [2.45, 2.75) is 58.8 Å². The number of allylic oxidation sites excluding steroid dienone is 2. The molecule has 0 spiro atoms. The van der Waals surface area contributed by atoms with E-state index in [4.69, 9.17) is 24.4 Å². The van der Waals surface area contributed by atoms with Gasteiger partial charge in [0.25, 0.3) is 0 Å². The Morgan fingerprint density at radius 1 is 1.16 bits per heavy atom. The number of pyridine rings is 1. The van der Waals surface area contributed by atoms with Crippen molar-refractivity contribution in [2.24, 2.45) is 4.99 Å². The summed E-state index contributed by atoms with van der Waals surface area (Å²) in [7, 11) is -3.75. The van der Waals surface area contributed by atoms with Crippen molar-refractivity contribution in [1.82, 2.24) is 14.5 Å². The normalized spacial score (nSPS) is 16.8. The summed E-state index contributed by atoms with van der Waals surface area (Å²) in [5.74, 6) is 2.05. The highest BCUT2D eigenvalue weighted by molar-refractivity contribution is 7.92. The summed E-state index contributed by atoms with van der Waals surface area (Å²) >= 11 is 0. The van der Waals surface area contributed by atoms with E-state index in [1.807, 2.05) is 18.6 Å². The molecule has 0 N–H and O–H groups in total. The topological polar surface area (TPSA) is 119 Å². The maximum absolute atomic E-state index is 13.0. The minimum atomic E-state index is -3.75. The molecule has 0 aliphatic carbocycles. The molecule has 3 aliphatic rings. The molecule has 0 fully saturated rings. The number of esters is 1. The number of imidazole rings is 1. The maximum Gasteiger partial charge on any atom is 0.327 e. The smallest absolute Gasteiger partial charge is 0.327 e. The van der Waals surface area contributed by atoms with Gasteiger partial charge in [0.2, 0.25) is 10.0 Å². The monoisotopic (exact) mass is 616 g/mol. The van der Waals surface area contributed by atoms with E-state index in [0.29, 0.717) is 36.6 Å². The van der Waals surface area contributed by atoms with Crippen molar-refractivity contribution in [3.05, 3.63) is 71.8 Å². The average Bonchev–Trinajstić information content (AvgIpc) is 3.43. The minimum Gasteiger partial charge on any atom is -0.493 e. The van der Waals surface area contributed by atoms with Crippen molar-refractivity contribution in [2.75, 3.05) is 28.9 Å². The number of amidine groups is 1. The number of hydrogen-bond acceptors (Lipinski definition) is 9. The van der Waals surface area contributed by atoms with Gasteiger partial charge in [-0.1, -0.05) is 12.1 Å². The van der Waals surface area contributed by atoms with Gasteiger partial charge in [0.05, 0.1) is 23.6 Å². The zero-order valence-corrected chi connectivity index (χ0v) is 26.4. The van der Waals surface area contributed by atoms with Gasteiger partial charge in [-0.15, -0.1) is 0 Å². The van der Waals surface area contributed by atoms with Crippen LogP contribution in [0.3, 0.4) is 0 Å². The summed E-state index contributed by atoms with van der Waals surface area (Å²) in [6.07, 6.45) is 10.8. The van der Waals surface area contributed by atoms with Crippen LogP contribution < -0.4 is 13.9 Å². The van der Waals surface area contributed by atoms with Gasteiger partial charge in [0, 0.05) is 43.3 Å². The Kier molecular flexibility index (Phi) is 7.56. The lowest BCUT2D eigenvalue weighted by atomic mass is 10.1. The molecule has 0 saturated carbocycles. The van der Waals surface area contributed by atoms with Gasteiger partial charge in [-0.2, -0.15) is 0 Å². The molecule has 11 nitrogen and oxygen atoms in total. The van der Waals surface area contributed by atoms with Gasteiger partial charge in [-0.3, -0.25) is 13.7 Å². The van der Waals surface area contributed by atoms with E-state index in [1.54, 1.807) is 45.2 Å². The number of carbonyl (C=O) groups is 1. The maximum atomic E-state index is 13.0. The number of anilines is 2. The molecule has 44 heavy (non-hydrogen) atoms. The van der Waals surface area contributed by atoms with E-state index >= 15 is 0 Å². The number of likely N-dealkylation sites (N-methyl/N-ethyl adjacent to an activating group) is 1. The molecule has 0 amide bonds. The van der Waals surface area contributed by atoms with E-state index in [1.165, 1.54) is 5.57 Å². The Hall–Kier alpha value is -4.45. The molecule has 3 aliphatic heterocycles. The number of benzene rings is 1. The number of fused-ring (bicyclic) bond motifs is 6. The zero-order valence-electron chi connectivity index (χ0n) is 25.6. The molecule has 2 aromatic heterocycles. The third-order valence-corrected chi connectivity index (χ3v) is 9.25. The number of carbonyl (C=O) groups excluding carboxylic acids is 1. The molecule has 1 aromatic carbocycles. The van der Waals surface area contributed by atoms with Crippen molar-refractivity contribution >= 4 is 39.0 Å². The predicted octanol–water partition coefficient (Wildman–Crippen LogP) is 4.94. The number of sulfonamides is 1. The molecule has 0 atom stereocenters. The van der Waals surface area contributed by atoms with Crippen LogP contribution in [0.1, 0.15) is 52.2 Å². The van der Waals surface area contributed by atoms with Crippen LogP contribution in [0.4, 0.5) is 11.5 Å². The summed E-state index contributed by atoms with van der Waals surface area (Å²) in [6, 6.07) is 7.27. The lowest BCUT2D eigenvalue weighted by Crippen LogP contribution is -2.36. The Bertz CT molecular complexity index is 1830. The Labute approximate surface area is 257 Å². The first-order valence-corrected chi connectivity index (χ1v) is 16.3. The van der Waals surface area contributed by atoms with Crippen molar-refractivity contribution in [1.29, 1.82) is 0 Å². The first kappa shape index (κ1) is 29.6. The molecule has 230 valence electrons. The lowest BCUT2D eigenvalue weighted by Gasteiger charge is -2.24. The van der Waals surface area contributed by atoms with Gasteiger partial charge in [0.15, 0.2) is 5.84 Å². The molecule has 0 unspecified atom stereocenters. The molecule has 0 bridgehead atoms. The summed E-state index contributed by atoms with van der Waals surface area (Å²) in [5, 5.41) is 0. The summed E-state index contributed by atoms with van der Waals surface area (Å²) in [6.45, 7) is 10.0. The van der Waals surface area contributed by atoms with Gasteiger partial charge >= 0.3 is 5.97 Å². The highest BCUT2D eigenvalue weighted by atomic mass is 32.2. The third kappa shape index (κ3) is 5.49. The first-order valence-electron chi connectivity index (χ1n) is 14.7. The lowest BCUT2D eigenvalue weighted by molar-refractivity contribution is -0.152. The van der Waals surface area contributed by atoms with Crippen LogP contribution in [0.2, 0.25) is 0 Å². The Morgan fingerprint density at radius 2 is 1.98 bits per heavy atom. The van der Waals surface area contributed by atoms with Crippen LogP contribution >= 0.6 is 0 Å². The Morgan fingerprint density at radius 3 is 2.75 bits per heavy atom. The molecule has 12 heteroatoms. The van der Waals surface area contributed by atoms with Crippen LogP contribution in [0, 0.1) is 0 Å². The standard InChI is InChI=1S/C32H36N6O5S/c1-6-36-30-23(29-34-14-15-37(29)28-21(2)9-8-13-33-31(28)36)17-22(18-35-30)12-16-42-26-11-7-10-25-24(26)20-44(40,41)38(25)19-27(39)43-32(3,4)5/h7-8,10-11,13-15,17-18H,6,9,12,16,19-20H2,1-5H3. The zero-order chi connectivity index (χ0) is 31.2. The summed E-state index contributed by atoms with van der Waals surface area (Å²) < 4.78 is 40.8. The Balaban J connectivity index is 1.24. The SMILES string of the molecule is CCN1C2=NC=CCC(C)=C2n2ccnc2-c2cc(CCOc3cccc4c3CS(=O)(=O)N4CC(=O)OC(C)(C)C)cnc21. The van der Waals surface area contributed by atoms with Gasteiger partial charge in [-0.05, 0) is 70.4 Å². The number of aromatic nitrogens is 3. The van der Waals surface area contributed by atoms with Crippen molar-refractivity contribution in [3.63, 3.8) is 0 Å². The highest BCUT2D eigenvalue weighted by Gasteiger charge is 2.37. The number of aliphatic imine (C=N–C) groups is 1. The molecule has 5 heterocycles. The molecular weight excluding hydrogens is 580 g/mol. The fourth-order valence-corrected chi connectivity index (χ4v) is 7.33. The fourth-order valence-electron chi connectivity index (χ4n) is 5.74. The van der Waals surface area contributed by atoms with Gasteiger partial charge in [-0.25, -0.2) is 23.4 Å². The van der Waals surface area contributed by atoms with Crippen molar-refractivity contribution < 1.29 is 22.7 Å². The largest absolute Gasteiger partial charge is 0.493 e. The van der Waals surface area contributed by atoms with E-state index in [2.05, 4.69) is 35.5 Å². The molecule has 0 saturated heterocycles. The van der Waals surface area contributed by atoms with E-state index in [-0.39, 0.29) is 12.3 Å². The fraction of sp³-hybridized carbons (Fsp3) is 0.375. The summed E-state index contributed by atoms with van der Waals surface area (Å²) in [4.78, 5) is 29.0. The van der Waals surface area contributed by atoms with E-state index in [0.717, 1.165) is 45.0 Å². The second-order valence-electron chi connectivity index (χ2n) is 12.0. The van der Waals surface area contributed by atoms with Crippen LogP contribution in [0.5, 0.6) is 5.75 Å². The average molecular weight is 617 g/mol. The highest BCUT2D eigenvalue weighted by Crippen LogP contribution is 2.40. The number of hydrogen-bond donors (Lipinski definition) is 0. The number of rotatable bonds is 7. The molecule has 6 rings (SSSR count).